The summed E-state index contributed by atoms with van der Waals surface area (Å²) in [6.45, 7) is 2.60. The molecular formula is C19H18N2O4. The van der Waals surface area contributed by atoms with E-state index in [-0.39, 0.29) is 11.8 Å². The van der Waals surface area contributed by atoms with Gasteiger partial charge < -0.3 is 20.1 Å². The fourth-order valence-corrected chi connectivity index (χ4v) is 3.30. The zero-order chi connectivity index (χ0) is 17.4. The first-order valence-corrected chi connectivity index (χ1v) is 8.25. The van der Waals surface area contributed by atoms with Crippen LogP contribution in [0.25, 0.3) is 0 Å². The van der Waals surface area contributed by atoms with Gasteiger partial charge in [-0.1, -0.05) is 6.07 Å². The molecular weight excluding hydrogens is 320 g/mol. The van der Waals surface area contributed by atoms with Crippen molar-refractivity contribution in [1.29, 1.82) is 0 Å². The van der Waals surface area contributed by atoms with E-state index < -0.39 is 0 Å². The van der Waals surface area contributed by atoms with Gasteiger partial charge in [0, 0.05) is 42.3 Å². The van der Waals surface area contributed by atoms with Crippen molar-refractivity contribution >= 4 is 23.2 Å². The third-order valence-corrected chi connectivity index (χ3v) is 4.32. The largest absolute Gasteiger partial charge is 0.493 e. The number of amides is 2. The minimum atomic E-state index is -0.222. The van der Waals surface area contributed by atoms with E-state index in [1.807, 2.05) is 6.07 Å². The van der Waals surface area contributed by atoms with Gasteiger partial charge in [0.25, 0.3) is 5.91 Å². The molecule has 2 N–H and O–H groups in total. The highest BCUT2D eigenvalue weighted by molar-refractivity contribution is 6.08. The minimum Gasteiger partial charge on any atom is -0.493 e. The first-order valence-electron chi connectivity index (χ1n) is 8.25. The van der Waals surface area contributed by atoms with E-state index in [0.717, 1.165) is 23.3 Å². The number of benzene rings is 2. The fourth-order valence-electron chi connectivity index (χ4n) is 3.30. The van der Waals surface area contributed by atoms with Gasteiger partial charge in [-0.3, -0.25) is 9.59 Å². The number of anilines is 2. The maximum absolute atomic E-state index is 12.9. The average Bonchev–Trinajstić information content (AvgIpc) is 3.20. The quantitative estimate of drug-likeness (QED) is 0.902. The van der Waals surface area contributed by atoms with Crippen LogP contribution in [0.15, 0.2) is 30.3 Å². The van der Waals surface area contributed by atoms with Crippen molar-refractivity contribution in [2.24, 2.45) is 0 Å². The van der Waals surface area contributed by atoms with E-state index in [0.29, 0.717) is 42.3 Å². The van der Waals surface area contributed by atoms with Gasteiger partial charge in [-0.05, 0) is 24.3 Å². The molecule has 2 aromatic rings. The van der Waals surface area contributed by atoms with E-state index in [9.17, 15) is 9.59 Å². The average molecular weight is 338 g/mol. The summed E-state index contributed by atoms with van der Waals surface area (Å²) in [6.07, 6.45) is 1.48. The third kappa shape index (κ3) is 2.91. The molecule has 128 valence electrons. The topological polar surface area (TPSA) is 76.7 Å². The van der Waals surface area contributed by atoms with Gasteiger partial charge in [-0.25, -0.2) is 0 Å². The van der Waals surface area contributed by atoms with Crippen molar-refractivity contribution in [3.05, 3.63) is 47.0 Å². The smallest absolute Gasteiger partial charge is 0.259 e. The Bertz CT molecular complexity index is 844. The standard InChI is InChI=1S/C19H18N2O4/c1-11(22)20-13-3-2-4-14(10-13)21-19(23)17-15-6-8-24-16(15)9-12-5-7-25-18(12)17/h2-4,9-10H,5-8H2,1H3,(H,20,22)(H,21,23). The van der Waals surface area contributed by atoms with E-state index in [2.05, 4.69) is 10.6 Å². The van der Waals surface area contributed by atoms with Crippen molar-refractivity contribution in [3.8, 4) is 11.5 Å². The Morgan fingerprint density at radius 1 is 1.00 bits per heavy atom. The van der Waals surface area contributed by atoms with Crippen LogP contribution < -0.4 is 20.1 Å². The highest BCUT2D eigenvalue weighted by atomic mass is 16.5. The summed E-state index contributed by atoms with van der Waals surface area (Å²) in [6, 6.07) is 9.04. The van der Waals surface area contributed by atoms with Gasteiger partial charge in [0.1, 0.15) is 11.5 Å². The first-order chi connectivity index (χ1) is 12.1. The molecule has 2 amide bonds. The minimum absolute atomic E-state index is 0.160. The molecule has 0 radical (unpaired) electrons. The summed E-state index contributed by atoms with van der Waals surface area (Å²) in [5, 5.41) is 5.61. The van der Waals surface area contributed by atoms with E-state index >= 15 is 0 Å². The summed E-state index contributed by atoms with van der Waals surface area (Å²) in [5.41, 5.74) is 3.72. The molecule has 0 atom stereocenters. The Morgan fingerprint density at radius 2 is 1.76 bits per heavy atom. The van der Waals surface area contributed by atoms with Crippen molar-refractivity contribution in [3.63, 3.8) is 0 Å². The fraction of sp³-hybridized carbons (Fsp3) is 0.263. The summed E-state index contributed by atoms with van der Waals surface area (Å²) >= 11 is 0. The molecule has 25 heavy (non-hydrogen) atoms. The van der Waals surface area contributed by atoms with E-state index in [1.165, 1.54) is 6.92 Å². The second-order valence-corrected chi connectivity index (χ2v) is 6.13. The molecule has 4 rings (SSSR count). The van der Waals surface area contributed by atoms with Crippen LogP contribution in [0.2, 0.25) is 0 Å². The lowest BCUT2D eigenvalue weighted by Gasteiger charge is -2.13. The third-order valence-electron chi connectivity index (χ3n) is 4.32. The Kier molecular flexibility index (Phi) is 3.80. The SMILES string of the molecule is CC(=O)Nc1cccc(NC(=O)c2c3c(cc4c2OCC4)OCC3)c1. The van der Waals surface area contributed by atoms with Gasteiger partial charge in [0.15, 0.2) is 0 Å². The number of hydrogen-bond donors (Lipinski definition) is 2. The van der Waals surface area contributed by atoms with Gasteiger partial charge >= 0.3 is 0 Å². The highest BCUT2D eigenvalue weighted by Crippen LogP contribution is 2.40. The molecule has 0 aromatic heterocycles. The van der Waals surface area contributed by atoms with Gasteiger partial charge in [0.05, 0.1) is 18.8 Å². The number of nitrogens with one attached hydrogen (secondary N) is 2. The maximum Gasteiger partial charge on any atom is 0.259 e. The molecule has 6 heteroatoms. The number of carbonyl (C=O) groups excluding carboxylic acids is 2. The normalized spacial score (nSPS) is 14.1. The first kappa shape index (κ1) is 15.5. The molecule has 0 saturated heterocycles. The summed E-state index contributed by atoms with van der Waals surface area (Å²) < 4.78 is 11.4. The van der Waals surface area contributed by atoms with E-state index in [1.54, 1.807) is 24.3 Å². The Hall–Kier alpha value is -3.02. The summed E-state index contributed by atoms with van der Waals surface area (Å²) in [5.74, 6) is 1.06. The van der Waals surface area contributed by atoms with Crippen molar-refractivity contribution in [1.82, 2.24) is 0 Å². The van der Waals surface area contributed by atoms with Gasteiger partial charge in [0.2, 0.25) is 5.91 Å². The lowest BCUT2D eigenvalue weighted by atomic mass is 9.99. The highest BCUT2D eigenvalue weighted by Gasteiger charge is 2.30. The van der Waals surface area contributed by atoms with E-state index in [4.69, 9.17) is 9.47 Å². The predicted octanol–water partition coefficient (Wildman–Crippen LogP) is 2.77. The summed E-state index contributed by atoms with van der Waals surface area (Å²) in [7, 11) is 0. The van der Waals surface area contributed by atoms with Crippen molar-refractivity contribution < 1.29 is 19.1 Å². The Morgan fingerprint density at radius 3 is 2.56 bits per heavy atom. The molecule has 2 heterocycles. The molecule has 2 aromatic carbocycles. The zero-order valence-electron chi connectivity index (χ0n) is 13.8. The molecule has 0 saturated carbocycles. The second kappa shape index (κ2) is 6.12. The number of rotatable bonds is 3. The number of carbonyl (C=O) groups is 2. The van der Waals surface area contributed by atoms with Crippen LogP contribution >= 0.6 is 0 Å². The lowest BCUT2D eigenvalue weighted by Crippen LogP contribution is -2.15. The molecule has 0 aliphatic carbocycles. The number of fused-ring (bicyclic) bond motifs is 2. The van der Waals surface area contributed by atoms with Crippen molar-refractivity contribution in [2.75, 3.05) is 23.8 Å². The van der Waals surface area contributed by atoms with Gasteiger partial charge in [-0.15, -0.1) is 0 Å². The van der Waals surface area contributed by atoms with Crippen LogP contribution in [-0.2, 0) is 17.6 Å². The van der Waals surface area contributed by atoms with Crippen LogP contribution in [0.1, 0.15) is 28.4 Å². The van der Waals surface area contributed by atoms with Gasteiger partial charge in [-0.2, -0.15) is 0 Å². The molecule has 2 aliphatic rings. The Balaban J connectivity index is 1.66. The monoisotopic (exact) mass is 338 g/mol. The lowest BCUT2D eigenvalue weighted by molar-refractivity contribution is -0.114. The molecule has 0 bridgehead atoms. The molecule has 0 unspecified atom stereocenters. The Labute approximate surface area is 145 Å². The second-order valence-electron chi connectivity index (χ2n) is 6.13. The molecule has 0 fully saturated rings. The summed E-state index contributed by atoms with van der Waals surface area (Å²) in [4.78, 5) is 24.1. The number of hydrogen-bond acceptors (Lipinski definition) is 4. The zero-order valence-corrected chi connectivity index (χ0v) is 13.8. The van der Waals surface area contributed by atoms with Crippen molar-refractivity contribution in [2.45, 2.75) is 19.8 Å². The van der Waals surface area contributed by atoms with Crippen LogP contribution in [0.4, 0.5) is 11.4 Å². The molecule has 6 nitrogen and oxygen atoms in total. The van der Waals surface area contributed by atoms with Crippen LogP contribution in [-0.4, -0.2) is 25.0 Å². The van der Waals surface area contributed by atoms with Crippen LogP contribution in [0, 0.1) is 0 Å². The predicted molar refractivity (Wildman–Crippen MR) is 93.5 cm³/mol. The number of ether oxygens (including phenoxy) is 2. The molecule has 2 aliphatic heterocycles. The molecule has 0 spiro atoms. The maximum atomic E-state index is 12.9. The van der Waals surface area contributed by atoms with Crippen LogP contribution in [0.3, 0.4) is 0 Å². The van der Waals surface area contributed by atoms with Crippen LogP contribution in [0.5, 0.6) is 11.5 Å².